The summed E-state index contributed by atoms with van der Waals surface area (Å²) < 4.78 is 0. The number of carbonyl (C=O) groups is 1. The van der Waals surface area contributed by atoms with Gasteiger partial charge in [0.25, 0.3) is 5.91 Å². The zero-order chi connectivity index (χ0) is 14.5. The van der Waals surface area contributed by atoms with Crippen molar-refractivity contribution < 1.29 is 4.79 Å². The van der Waals surface area contributed by atoms with Crippen molar-refractivity contribution in [1.82, 2.24) is 9.88 Å². The van der Waals surface area contributed by atoms with E-state index in [9.17, 15) is 4.79 Å². The van der Waals surface area contributed by atoms with Crippen LogP contribution in [-0.2, 0) is 0 Å². The number of benzene rings is 1. The molecular formula is C16H20N2OS. The molecule has 0 bridgehead atoms. The topological polar surface area (TPSA) is 33.2 Å². The fraction of sp³-hybridized carbons (Fsp3) is 0.375. The molecule has 0 spiro atoms. The largest absolute Gasteiger partial charge is 0.338 e. The van der Waals surface area contributed by atoms with Crippen LogP contribution >= 0.6 is 11.8 Å². The highest BCUT2D eigenvalue weighted by Crippen LogP contribution is 2.14. The number of pyridine rings is 1. The summed E-state index contributed by atoms with van der Waals surface area (Å²) in [7, 11) is 1.85. The van der Waals surface area contributed by atoms with E-state index in [4.69, 9.17) is 0 Å². The Labute approximate surface area is 124 Å². The molecule has 0 fully saturated rings. The third-order valence-electron chi connectivity index (χ3n) is 3.54. The molecule has 1 amide bonds. The highest BCUT2D eigenvalue weighted by molar-refractivity contribution is 7.98. The lowest BCUT2D eigenvalue weighted by Crippen LogP contribution is -2.35. The van der Waals surface area contributed by atoms with E-state index in [2.05, 4.69) is 18.2 Å². The summed E-state index contributed by atoms with van der Waals surface area (Å²) >= 11 is 1.80. The summed E-state index contributed by atoms with van der Waals surface area (Å²) in [5, 5.41) is 1.06. The molecule has 2 aromatic rings. The second kappa shape index (κ2) is 6.75. The number of hydrogen-bond donors (Lipinski definition) is 0. The predicted molar refractivity (Wildman–Crippen MR) is 86.3 cm³/mol. The number of nitrogens with zero attached hydrogens (tertiary/aromatic N) is 2. The first-order chi connectivity index (χ1) is 9.63. The molecule has 106 valence electrons. The summed E-state index contributed by atoms with van der Waals surface area (Å²) in [5.74, 6) is 1.05. The molecule has 1 heterocycles. The van der Waals surface area contributed by atoms with Crippen LogP contribution in [0.5, 0.6) is 0 Å². The van der Waals surface area contributed by atoms with Gasteiger partial charge >= 0.3 is 0 Å². The van der Waals surface area contributed by atoms with Crippen molar-refractivity contribution in [3.05, 3.63) is 42.1 Å². The average Bonchev–Trinajstić information content (AvgIpc) is 2.50. The van der Waals surface area contributed by atoms with E-state index in [1.54, 1.807) is 16.7 Å². The van der Waals surface area contributed by atoms with E-state index in [1.165, 1.54) is 0 Å². The number of thioether (sulfide) groups is 1. The van der Waals surface area contributed by atoms with Gasteiger partial charge in [-0.1, -0.05) is 24.3 Å². The van der Waals surface area contributed by atoms with Crippen molar-refractivity contribution in [1.29, 1.82) is 0 Å². The molecule has 20 heavy (non-hydrogen) atoms. The van der Waals surface area contributed by atoms with Crippen LogP contribution < -0.4 is 0 Å². The third kappa shape index (κ3) is 3.31. The number of aromatic nitrogens is 1. The first-order valence-electron chi connectivity index (χ1n) is 6.75. The van der Waals surface area contributed by atoms with E-state index in [0.717, 1.165) is 23.1 Å². The normalized spacial score (nSPS) is 12.3. The highest BCUT2D eigenvalue weighted by Gasteiger charge is 2.18. The van der Waals surface area contributed by atoms with Crippen LogP contribution in [0.1, 0.15) is 23.8 Å². The fourth-order valence-corrected chi connectivity index (χ4v) is 2.62. The molecule has 0 N–H and O–H groups in total. The van der Waals surface area contributed by atoms with Crippen LogP contribution in [0.3, 0.4) is 0 Å². The van der Waals surface area contributed by atoms with Crippen LogP contribution in [0.25, 0.3) is 10.9 Å². The molecule has 0 unspecified atom stereocenters. The van der Waals surface area contributed by atoms with Gasteiger partial charge in [-0.2, -0.15) is 11.8 Å². The molecule has 1 aromatic heterocycles. The number of rotatable bonds is 5. The van der Waals surface area contributed by atoms with E-state index < -0.39 is 0 Å². The smallest absolute Gasteiger partial charge is 0.272 e. The molecule has 0 saturated heterocycles. The molecule has 4 heteroatoms. The van der Waals surface area contributed by atoms with Gasteiger partial charge in [-0.25, -0.2) is 4.98 Å². The lowest BCUT2D eigenvalue weighted by atomic mass is 10.1. The molecule has 0 saturated carbocycles. The van der Waals surface area contributed by atoms with Gasteiger partial charge in [-0.3, -0.25) is 4.79 Å². The van der Waals surface area contributed by atoms with Gasteiger partial charge in [-0.15, -0.1) is 0 Å². The van der Waals surface area contributed by atoms with Gasteiger partial charge in [0, 0.05) is 18.5 Å². The van der Waals surface area contributed by atoms with Gasteiger partial charge in [0.05, 0.1) is 5.52 Å². The summed E-state index contributed by atoms with van der Waals surface area (Å²) in [6, 6.07) is 11.8. The van der Waals surface area contributed by atoms with Gasteiger partial charge in [0.15, 0.2) is 0 Å². The van der Waals surface area contributed by atoms with Crippen molar-refractivity contribution in [2.24, 2.45) is 0 Å². The van der Waals surface area contributed by atoms with E-state index >= 15 is 0 Å². The fourth-order valence-electron chi connectivity index (χ4n) is 2.05. The van der Waals surface area contributed by atoms with Crippen molar-refractivity contribution >= 4 is 28.6 Å². The van der Waals surface area contributed by atoms with Crippen LogP contribution in [0.15, 0.2) is 36.4 Å². The highest BCUT2D eigenvalue weighted by atomic mass is 32.2. The first kappa shape index (κ1) is 14.9. The number of para-hydroxylation sites is 1. The minimum atomic E-state index is -0.00986. The maximum atomic E-state index is 12.4. The Morgan fingerprint density at radius 1 is 1.30 bits per heavy atom. The zero-order valence-electron chi connectivity index (χ0n) is 12.2. The van der Waals surface area contributed by atoms with Gasteiger partial charge in [0.1, 0.15) is 5.69 Å². The van der Waals surface area contributed by atoms with Gasteiger partial charge < -0.3 is 4.90 Å². The zero-order valence-corrected chi connectivity index (χ0v) is 13.0. The maximum Gasteiger partial charge on any atom is 0.272 e. The molecule has 0 radical (unpaired) electrons. The monoisotopic (exact) mass is 288 g/mol. The number of amides is 1. The van der Waals surface area contributed by atoms with E-state index in [1.807, 2.05) is 43.4 Å². The van der Waals surface area contributed by atoms with Crippen LogP contribution in [0, 0.1) is 0 Å². The molecule has 0 aliphatic carbocycles. The second-order valence-electron chi connectivity index (χ2n) is 4.94. The molecule has 2 rings (SSSR count). The lowest BCUT2D eigenvalue weighted by Gasteiger charge is -2.24. The van der Waals surface area contributed by atoms with Crippen molar-refractivity contribution in [2.75, 3.05) is 19.1 Å². The Morgan fingerprint density at radius 3 is 2.80 bits per heavy atom. The van der Waals surface area contributed by atoms with Crippen molar-refractivity contribution in [2.45, 2.75) is 19.4 Å². The summed E-state index contributed by atoms with van der Waals surface area (Å²) in [5.41, 5.74) is 1.38. The van der Waals surface area contributed by atoms with Crippen LogP contribution in [-0.4, -0.2) is 40.9 Å². The van der Waals surface area contributed by atoms with Crippen LogP contribution in [0.4, 0.5) is 0 Å². The molecular weight excluding hydrogens is 268 g/mol. The summed E-state index contributed by atoms with van der Waals surface area (Å²) in [6.45, 7) is 2.08. The van der Waals surface area contributed by atoms with Gasteiger partial charge in [0.2, 0.25) is 0 Å². The molecule has 1 aromatic carbocycles. The second-order valence-corrected chi connectivity index (χ2v) is 5.92. The van der Waals surface area contributed by atoms with Crippen LogP contribution in [0.2, 0.25) is 0 Å². The Morgan fingerprint density at radius 2 is 2.05 bits per heavy atom. The Bertz CT molecular complexity index is 600. The average molecular weight is 288 g/mol. The number of hydrogen-bond acceptors (Lipinski definition) is 3. The lowest BCUT2D eigenvalue weighted by molar-refractivity contribution is 0.0736. The number of carbonyl (C=O) groups excluding carboxylic acids is 1. The molecule has 1 atom stereocenters. The Balaban J connectivity index is 2.17. The SMILES string of the molecule is CSCC[C@H](C)N(C)C(=O)c1ccc2ccccc2n1. The van der Waals surface area contributed by atoms with E-state index in [-0.39, 0.29) is 11.9 Å². The summed E-state index contributed by atoms with van der Waals surface area (Å²) in [4.78, 5) is 18.7. The quantitative estimate of drug-likeness (QED) is 0.845. The Hall–Kier alpha value is -1.55. The standard InChI is InChI=1S/C16H20N2OS/c1-12(10-11-20-3)18(2)16(19)15-9-8-13-6-4-5-7-14(13)17-15/h4-9,12H,10-11H2,1-3H3/t12-/m0/s1. The summed E-state index contributed by atoms with van der Waals surface area (Å²) in [6.07, 6.45) is 3.08. The minimum Gasteiger partial charge on any atom is -0.338 e. The predicted octanol–water partition coefficient (Wildman–Crippen LogP) is 3.45. The molecule has 0 aliphatic heterocycles. The van der Waals surface area contributed by atoms with Gasteiger partial charge in [-0.05, 0) is 37.5 Å². The van der Waals surface area contributed by atoms with E-state index in [0.29, 0.717) is 5.69 Å². The Kier molecular flexibility index (Phi) is 5.01. The molecule has 3 nitrogen and oxygen atoms in total. The van der Waals surface area contributed by atoms with Crippen molar-refractivity contribution in [3.63, 3.8) is 0 Å². The minimum absolute atomic E-state index is 0.00986. The molecule has 0 aliphatic rings. The van der Waals surface area contributed by atoms with Crippen molar-refractivity contribution in [3.8, 4) is 0 Å². The maximum absolute atomic E-state index is 12.4. The number of fused-ring (bicyclic) bond motifs is 1. The third-order valence-corrected chi connectivity index (χ3v) is 4.18. The first-order valence-corrected chi connectivity index (χ1v) is 8.14.